The van der Waals surface area contributed by atoms with Crippen LogP contribution in [0.15, 0.2) is 18.7 Å². The topological polar surface area (TPSA) is 144 Å². The van der Waals surface area contributed by atoms with E-state index < -0.39 is 26.9 Å². The van der Waals surface area contributed by atoms with Crippen LogP contribution in [0.25, 0.3) is 5.69 Å². The summed E-state index contributed by atoms with van der Waals surface area (Å²) >= 11 is 5.89. The average Bonchev–Trinajstić information content (AvgIpc) is 3.25. The van der Waals surface area contributed by atoms with Crippen LogP contribution < -0.4 is 9.47 Å². The van der Waals surface area contributed by atoms with Gasteiger partial charge < -0.3 is 14.2 Å². The van der Waals surface area contributed by atoms with Crippen molar-refractivity contribution in [3.63, 3.8) is 0 Å². The summed E-state index contributed by atoms with van der Waals surface area (Å²) in [6.07, 6.45) is 5.07. The fourth-order valence-electron chi connectivity index (χ4n) is 4.55. The van der Waals surface area contributed by atoms with Gasteiger partial charge in [0, 0.05) is 25.4 Å². The lowest BCUT2D eigenvalue weighted by Gasteiger charge is -2.43. The van der Waals surface area contributed by atoms with Crippen molar-refractivity contribution in [1.82, 2.24) is 34.7 Å². The van der Waals surface area contributed by atoms with E-state index in [9.17, 15) is 8.42 Å². The van der Waals surface area contributed by atoms with Crippen LogP contribution in [0.3, 0.4) is 0 Å². The van der Waals surface area contributed by atoms with E-state index in [4.69, 9.17) is 25.8 Å². The van der Waals surface area contributed by atoms with Crippen molar-refractivity contribution in [2.24, 2.45) is 5.41 Å². The lowest BCUT2D eigenvalue weighted by molar-refractivity contribution is 0.0948. The third-order valence-electron chi connectivity index (χ3n) is 6.92. The van der Waals surface area contributed by atoms with Gasteiger partial charge in [0.1, 0.15) is 24.0 Å². The van der Waals surface area contributed by atoms with Crippen LogP contribution in [0.4, 0.5) is 0 Å². The van der Waals surface area contributed by atoms with Gasteiger partial charge in [-0.05, 0) is 25.2 Å². The van der Waals surface area contributed by atoms with Gasteiger partial charge in [-0.25, -0.2) is 18.4 Å². The lowest BCUT2D eigenvalue weighted by Crippen LogP contribution is -2.35. The van der Waals surface area contributed by atoms with E-state index in [0.717, 1.165) is 12.8 Å². The van der Waals surface area contributed by atoms with E-state index >= 15 is 0 Å². The highest BCUT2D eigenvalue weighted by atomic mass is 35.5. The molecule has 0 bridgehead atoms. The summed E-state index contributed by atoms with van der Waals surface area (Å²) < 4.78 is 45.5. The summed E-state index contributed by atoms with van der Waals surface area (Å²) in [7, 11) is 0.479. The first-order valence-electron chi connectivity index (χ1n) is 11.6. The molecule has 37 heavy (non-hydrogen) atoms. The maximum Gasteiger partial charge on any atom is 0.245 e. The van der Waals surface area contributed by atoms with Crippen molar-refractivity contribution in [2.45, 2.75) is 56.6 Å². The van der Waals surface area contributed by atoms with Crippen molar-refractivity contribution >= 4 is 21.4 Å². The minimum atomic E-state index is -3.87. The van der Waals surface area contributed by atoms with Crippen molar-refractivity contribution in [3.05, 3.63) is 41.2 Å². The second kappa shape index (κ2) is 10.5. The molecule has 3 aromatic rings. The van der Waals surface area contributed by atoms with Gasteiger partial charge in [-0.15, -0.1) is 10.2 Å². The zero-order chi connectivity index (χ0) is 27.0. The first kappa shape index (κ1) is 27.1. The molecule has 14 heteroatoms. The monoisotopic (exact) mass is 551 g/mol. The number of sulfone groups is 1. The van der Waals surface area contributed by atoms with E-state index in [-0.39, 0.29) is 34.7 Å². The Kier molecular flexibility index (Phi) is 7.67. The minimum absolute atomic E-state index is 0.0395. The molecule has 0 N–H and O–H groups in total. The van der Waals surface area contributed by atoms with Gasteiger partial charge in [0.05, 0.1) is 24.5 Å². The van der Waals surface area contributed by atoms with Gasteiger partial charge in [-0.2, -0.15) is 9.97 Å². The number of hydrogen-bond donors (Lipinski definition) is 0. The molecule has 0 spiro atoms. The number of aromatic nitrogens is 7. The second-order valence-electron chi connectivity index (χ2n) is 9.56. The summed E-state index contributed by atoms with van der Waals surface area (Å²) in [5.41, 5.74) is 0.301. The number of halogens is 1. The van der Waals surface area contributed by atoms with Gasteiger partial charge in [0.25, 0.3) is 0 Å². The lowest BCUT2D eigenvalue weighted by atomic mass is 9.62. The molecule has 0 unspecified atom stereocenters. The molecule has 0 saturated heterocycles. The van der Waals surface area contributed by atoms with Gasteiger partial charge in [-0.1, -0.05) is 25.4 Å². The Labute approximate surface area is 220 Å². The van der Waals surface area contributed by atoms with E-state index in [2.05, 4.69) is 44.0 Å². The molecular formula is C23H30ClN7O5S. The van der Waals surface area contributed by atoms with Crippen molar-refractivity contribution in [3.8, 4) is 17.4 Å². The van der Waals surface area contributed by atoms with E-state index in [1.54, 1.807) is 11.5 Å². The number of rotatable bonds is 10. The molecule has 0 aliphatic heterocycles. The van der Waals surface area contributed by atoms with Gasteiger partial charge in [-0.3, -0.25) is 4.57 Å². The fraction of sp³-hybridized carbons (Fsp3) is 0.565. The van der Waals surface area contributed by atoms with Gasteiger partial charge >= 0.3 is 0 Å². The smallest absolute Gasteiger partial charge is 0.245 e. The number of nitrogens with zero attached hydrogens (tertiary/aromatic N) is 7. The Morgan fingerprint density at radius 3 is 2.19 bits per heavy atom. The van der Waals surface area contributed by atoms with Crippen LogP contribution in [0.2, 0.25) is 5.02 Å². The summed E-state index contributed by atoms with van der Waals surface area (Å²) in [6.45, 7) is 5.83. The van der Waals surface area contributed by atoms with Crippen LogP contribution >= 0.6 is 11.6 Å². The van der Waals surface area contributed by atoms with Crippen molar-refractivity contribution in [1.29, 1.82) is 0 Å². The zero-order valence-electron chi connectivity index (χ0n) is 21.5. The Balaban J connectivity index is 1.80. The molecule has 200 valence electrons. The molecule has 1 saturated carbocycles. The normalized spacial score (nSPS) is 18.6. The molecule has 0 aromatic carbocycles. The highest BCUT2D eigenvalue weighted by Gasteiger charge is 2.44. The summed E-state index contributed by atoms with van der Waals surface area (Å²) in [4.78, 5) is 16.7. The number of ether oxygens (including phenoxy) is 3. The predicted octanol–water partition coefficient (Wildman–Crippen LogP) is 3.11. The van der Waals surface area contributed by atoms with Gasteiger partial charge in [0.15, 0.2) is 27.2 Å². The molecule has 3 atom stereocenters. The van der Waals surface area contributed by atoms with Crippen LogP contribution in [0.5, 0.6) is 11.8 Å². The predicted molar refractivity (Wildman–Crippen MR) is 135 cm³/mol. The summed E-state index contributed by atoms with van der Waals surface area (Å²) in [6, 6.07) is 0. The third-order valence-corrected chi connectivity index (χ3v) is 9.16. The van der Waals surface area contributed by atoms with Gasteiger partial charge in [0.2, 0.25) is 11.8 Å². The summed E-state index contributed by atoms with van der Waals surface area (Å²) in [5.74, 6) is 1.01. The first-order chi connectivity index (χ1) is 17.5. The second-order valence-corrected chi connectivity index (χ2v) is 12.4. The molecule has 3 heterocycles. The Bertz CT molecular complexity index is 1340. The third kappa shape index (κ3) is 5.12. The number of hydrogen-bond acceptors (Lipinski definition) is 11. The minimum Gasteiger partial charge on any atom is -0.479 e. The Hall–Kier alpha value is -2.90. The SMILES string of the molecule is COc1ncnc(OC)c1-n1c(CS(=O)(=O)[C@@H](C)[C@H](OC)c2ncc(Cl)cn2)nnc1[C@H]1CCC1(C)C. The van der Waals surface area contributed by atoms with Crippen LogP contribution in [-0.2, 0) is 20.3 Å². The van der Waals surface area contributed by atoms with E-state index in [1.165, 1.54) is 40.1 Å². The Morgan fingerprint density at radius 2 is 1.70 bits per heavy atom. The van der Waals surface area contributed by atoms with E-state index in [1.807, 2.05) is 0 Å². The highest BCUT2D eigenvalue weighted by molar-refractivity contribution is 7.91. The average molecular weight is 552 g/mol. The quantitative estimate of drug-likeness (QED) is 0.366. The zero-order valence-corrected chi connectivity index (χ0v) is 23.1. The molecule has 0 radical (unpaired) electrons. The molecular weight excluding hydrogens is 522 g/mol. The molecule has 1 aliphatic rings. The molecule has 0 amide bonds. The molecule has 3 aromatic heterocycles. The van der Waals surface area contributed by atoms with Crippen LogP contribution in [0.1, 0.15) is 63.1 Å². The molecule has 12 nitrogen and oxygen atoms in total. The highest BCUT2D eigenvalue weighted by Crippen LogP contribution is 2.52. The summed E-state index contributed by atoms with van der Waals surface area (Å²) in [5, 5.41) is 8.10. The molecule has 4 rings (SSSR count). The maximum atomic E-state index is 13.7. The first-order valence-corrected chi connectivity index (χ1v) is 13.7. The van der Waals surface area contributed by atoms with Crippen LogP contribution in [0, 0.1) is 5.41 Å². The maximum absolute atomic E-state index is 13.7. The van der Waals surface area contributed by atoms with Crippen molar-refractivity contribution < 1.29 is 22.6 Å². The van der Waals surface area contributed by atoms with Crippen LogP contribution in [-0.4, -0.2) is 69.7 Å². The standard InChI is InChI=1S/C23H30ClN7O5S/c1-13(18(34-4)19-25-9-14(24)10-26-19)37(32,33)11-16-29-30-20(15-7-8-23(15,2)3)31(16)17-21(35-5)27-12-28-22(17)36-6/h9-10,12-13,15,18H,7-8,11H2,1-6H3/t13-,15+,18-/m0/s1. The largest absolute Gasteiger partial charge is 0.479 e. The fourth-order valence-corrected chi connectivity index (χ4v) is 6.07. The molecule has 1 aliphatic carbocycles. The Morgan fingerprint density at radius 1 is 1.08 bits per heavy atom. The molecule has 1 fully saturated rings. The number of methoxy groups -OCH3 is 3. The van der Waals surface area contributed by atoms with E-state index in [0.29, 0.717) is 16.5 Å². The van der Waals surface area contributed by atoms with Crippen molar-refractivity contribution in [2.75, 3.05) is 21.3 Å².